The van der Waals surface area contributed by atoms with Gasteiger partial charge in [-0.1, -0.05) is 20.8 Å². The van der Waals surface area contributed by atoms with E-state index in [9.17, 15) is 0 Å². The molecule has 4 nitrogen and oxygen atoms in total. The molecule has 0 aliphatic carbocycles. The number of nitrogens with zero attached hydrogens (tertiary/aromatic N) is 3. The lowest BCUT2D eigenvalue weighted by Gasteiger charge is -2.34. The molecule has 1 aromatic rings. The Hall–Kier alpha value is -1.03. The van der Waals surface area contributed by atoms with Crippen molar-refractivity contribution in [3.63, 3.8) is 0 Å². The second-order valence-electron chi connectivity index (χ2n) is 6.92. The van der Waals surface area contributed by atoms with Crippen LogP contribution in [0.5, 0.6) is 0 Å². The van der Waals surface area contributed by atoms with Gasteiger partial charge >= 0.3 is 0 Å². The van der Waals surface area contributed by atoms with Gasteiger partial charge in [0.1, 0.15) is 0 Å². The molecule has 0 radical (unpaired) electrons. The largest absolute Gasteiger partial charge is 0.367 e. The molecule has 0 spiro atoms. The first-order chi connectivity index (χ1) is 8.94. The van der Waals surface area contributed by atoms with Crippen LogP contribution >= 0.6 is 0 Å². The lowest BCUT2D eigenvalue weighted by atomic mass is 9.92. The second kappa shape index (κ2) is 5.95. The van der Waals surface area contributed by atoms with Crippen molar-refractivity contribution in [2.45, 2.75) is 46.1 Å². The molecule has 1 fully saturated rings. The van der Waals surface area contributed by atoms with Crippen LogP contribution in [-0.4, -0.2) is 35.5 Å². The molecule has 0 saturated carbocycles. The normalized spacial score (nSPS) is 20.8. The van der Waals surface area contributed by atoms with Crippen molar-refractivity contribution in [3.05, 3.63) is 12.4 Å². The number of aryl methyl sites for hydroxylation is 1. The summed E-state index contributed by atoms with van der Waals surface area (Å²) >= 11 is 0. The summed E-state index contributed by atoms with van der Waals surface area (Å²) in [5.74, 6) is 0. The molecule has 0 amide bonds. The summed E-state index contributed by atoms with van der Waals surface area (Å²) in [4.78, 5) is 2.45. The monoisotopic (exact) mass is 264 g/mol. The maximum atomic E-state index is 4.27. The number of piperidine rings is 1. The number of hydrogen-bond acceptors (Lipinski definition) is 3. The summed E-state index contributed by atoms with van der Waals surface area (Å²) in [7, 11) is 1.98. The maximum Gasteiger partial charge on any atom is 0.0752 e. The maximum absolute atomic E-state index is 4.27. The van der Waals surface area contributed by atoms with Gasteiger partial charge in [-0.15, -0.1) is 0 Å². The van der Waals surface area contributed by atoms with Gasteiger partial charge in [-0.05, 0) is 31.2 Å². The number of hydrogen-bond donors (Lipinski definition) is 1. The Morgan fingerprint density at radius 2 is 2.21 bits per heavy atom. The smallest absolute Gasteiger partial charge is 0.0752 e. The van der Waals surface area contributed by atoms with Gasteiger partial charge < -0.3 is 10.2 Å². The average Bonchev–Trinajstić information content (AvgIpc) is 2.75. The summed E-state index contributed by atoms with van der Waals surface area (Å²) in [6, 6.07) is 0.622. The highest BCUT2D eigenvalue weighted by Gasteiger charge is 2.21. The van der Waals surface area contributed by atoms with Crippen LogP contribution in [0.25, 0.3) is 0 Å². The summed E-state index contributed by atoms with van der Waals surface area (Å²) in [5, 5.41) is 7.98. The first-order valence-electron chi connectivity index (χ1n) is 7.41. The minimum atomic E-state index is 0.421. The fourth-order valence-corrected chi connectivity index (χ4v) is 2.60. The predicted molar refractivity (Wildman–Crippen MR) is 80.5 cm³/mol. The average molecular weight is 264 g/mol. The fraction of sp³-hybridized carbons (Fsp3) is 0.800. The Morgan fingerprint density at radius 3 is 2.84 bits per heavy atom. The van der Waals surface area contributed by atoms with Crippen LogP contribution in [0.3, 0.4) is 0 Å². The van der Waals surface area contributed by atoms with Crippen molar-refractivity contribution in [3.8, 4) is 0 Å². The fourth-order valence-electron chi connectivity index (χ4n) is 2.60. The molecule has 1 saturated heterocycles. The van der Waals surface area contributed by atoms with Crippen LogP contribution in [0.15, 0.2) is 12.4 Å². The lowest BCUT2D eigenvalue weighted by molar-refractivity contribution is 0.340. The van der Waals surface area contributed by atoms with Crippen molar-refractivity contribution < 1.29 is 0 Å². The third-order valence-electron chi connectivity index (χ3n) is 3.79. The zero-order chi connectivity index (χ0) is 13.9. The quantitative estimate of drug-likeness (QED) is 0.906. The van der Waals surface area contributed by atoms with Gasteiger partial charge in [0, 0.05) is 32.4 Å². The van der Waals surface area contributed by atoms with E-state index in [1.165, 1.54) is 24.9 Å². The first-order valence-corrected chi connectivity index (χ1v) is 7.41. The van der Waals surface area contributed by atoms with Crippen LogP contribution < -0.4 is 10.2 Å². The van der Waals surface area contributed by atoms with E-state index in [1.807, 2.05) is 17.9 Å². The van der Waals surface area contributed by atoms with Crippen molar-refractivity contribution >= 4 is 5.69 Å². The molecule has 1 aliphatic rings. The predicted octanol–water partition coefficient (Wildman–Crippen LogP) is 2.41. The molecule has 1 unspecified atom stereocenters. The molecule has 2 rings (SSSR count). The van der Waals surface area contributed by atoms with Crippen LogP contribution in [0, 0.1) is 5.41 Å². The second-order valence-corrected chi connectivity index (χ2v) is 6.92. The van der Waals surface area contributed by atoms with Gasteiger partial charge in [-0.2, -0.15) is 5.10 Å². The van der Waals surface area contributed by atoms with Gasteiger partial charge in [0.15, 0.2) is 0 Å². The topological polar surface area (TPSA) is 33.1 Å². The Balaban J connectivity index is 1.80. The Morgan fingerprint density at radius 1 is 1.42 bits per heavy atom. The van der Waals surface area contributed by atoms with Gasteiger partial charge in [0.25, 0.3) is 0 Å². The van der Waals surface area contributed by atoms with Crippen molar-refractivity contribution in [2.75, 3.05) is 24.5 Å². The Kier molecular flexibility index (Phi) is 4.50. The highest BCUT2D eigenvalue weighted by atomic mass is 15.3. The van der Waals surface area contributed by atoms with Crippen molar-refractivity contribution in [1.29, 1.82) is 0 Å². The van der Waals surface area contributed by atoms with Gasteiger partial charge in [-0.3, -0.25) is 4.68 Å². The number of rotatable bonds is 4. The SMILES string of the molecule is Cn1cc(N2CCCC(NCCC(C)(C)C)C2)cn1. The summed E-state index contributed by atoms with van der Waals surface area (Å²) in [6.07, 6.45) is 7.87. The first kappa shape index (κ1) is 14.4. The van der Waals surface area contributed by atoms with Crippen LogP contribution in [0.2, 0.25) is 0 Å². The standard InChI is InChI=1S/C15H28N4/c1-15(2,3)7-8-16-13-6-5-9-19(11-13)14-10-17-18(4)12-14/h10,12-13,16H,5-9,11H2,1-4H3. The van der Waals surface area contributed by atoms with E-state index in [4.69, 9.17) is 0 Å². The van der Waals surface area contributed by atoms with E-state index in [0.29, 0.717) is 11.5 Å². The van der Waals surface area contributed by atoms with E-state index in [0.717, 1.165) is 19.6 Å². The van der Waals surface area contributed by atoms with Gasteiger partial charge in [-0.25, -0.2) is 0 Å². The van der Waals surface area contributed by atoms with Crippen LogP contribution in [0.4, 0.5) is 5.69 Å². The molecule has 108 valence electrons. The summed E-state index contributed by atoms with van der Waals surface area (Å²) in [5.41, 5.74) is 1.68. The molecule has 1 aromatic heterocycles. The molecular formula is C15H28N4. The molecule has 1 atom stereocenters. The zero-order valence-electron chi connectivity index (χ0n) is 12.8. The number of nitrogens with one attached hydrogen (secondary N) is 1. The third kappa shape index (κ3) is 4.53. The molecule has 19 heavy (non-hydrogen) atoms. The highest BCUT2D eigenvalue weighted by molar-refractivity contribution is 5.42. The molecule has 1 aliphatic heterocycles. The van der Waals surface area contributed by atoms with Gasteiger partial charge in [0.05, 0.1) is 11.9 Å². The van der Waals surface area contributed by atoms with E-state index in [1.54, 1.807) is 0 Å². The molecule has 4 heteroatoms. The van der Waals surface area contributed by atoms with E-state index < -0.39 is 0 Å². The lowest BCUT2D eigenvalue weighted by Crippen LogP contribution is -2.46. The molecule has 1 N–H and O–H groups in total. The molecule has 2 heterocycles. The minimum Gasteiger partial charge on any atom is -0.367 e. The van der Waals surface area contributed by atoms with Crippen molar-refractivity contribution in [2.24, 2.45) is 12.5 Å². The summed E-state index contributed by atoms with van der Waals surface area (Å²) in [6.45, 7) is 10.3. The minimum absolute atomic E-state index is 0.421. The Labute approximate surface area is 117 Å². The highest BCUT2D eigenvalue weighted by Crippen LogP contribution is 2.20. The van der Waals surface area contributed by atoms with E-state index in [-0.39, 0.29) is 0 Å². The third-order valence-corrected chi connectivity index (χ3v) is 3.79. The molecule has 0 bridgehead atoms. The number of aromatic nitrogens is 2. The van der Waals surface area contributed by atoms with E-state index in [2.05, 4.69) is 42.3 Å². The molecular weight excluding hydrogens is 236 g/mol. The van der Waals surface area contributed by atoms with E-state index >= 15 is 0 Å². The van der Waals surface area contributed by atoms with Crippen LogP contribution in [0.1, 0.15) is 40.0 Å². The molecule has 0 aromatic carbocycles. The summed E-state index contributed by atoms with van der Waals surface area (Å²) < 4.78 is 1.88. The van der Waals surface area contributed by atoms with Gasteiger partial charge in [0.2, 0.25) is 0 Å². The zero-order valence-corrected chi connectivity index (χ0v) is 12.8. The number of anilines is 1. The van der Waals surface area contributed by atoms with Crippen LogP contribution in [-0.2, 0) is 7.05 Å². The van der Waals surface area contributed by atoms with Crippen molar-refractivity contribution in [1.82, 2.24) is 15.1 Å². The Bertz CT molecular complexity index is 391.